The summed E-state index contributed by atoms with van der Waals surface area (Å²) in [6.45, 7) is 7.25. The molecule has 1 atom stereocenters. The molecule has 3 aromatic rings. The second-order valence-corrected chi connectivity index (χ2v) is 11.8. The van der Waals surface area contributed by atoms with E-state index in [9.17, 15) is 13.2 Å². The van der Waals surface area contributed by atoms with Gasteiger partial charge in [-0.2, -0.15) is 4.31 Å². The van der Waals surface area contributed by atoms with E-state index in [1.807, 2.05) is 36.9 Å². The van der Waals surface area contributed by atoms with E-state index in [-0.39, 0.29) is 10.8 Å². The van der Waals surface area contributed by atoms with Crippen LogP contribution >= 0.6 is 11.3 Å². The molecule has 2 aromatic carbocycles. The Kier molecular flexibility index (Phi) is 6.69. The lowest BCUT2D eigenvalue weighted by molar-refractivity contribution is -0.134. The number of piperazine rings is 1. The van der Waals surface area contributed by atoms with E-state index in [2.05, 4.69) is 4.90 Å². The minimum Gasteiger partial charge on any atom is -0.492 e. The Morgan fingerprint density at radius 2 is 1.83 bits per heavy atom. The van der Waals surface area contributed by atoms with E-state index >= 15 is 0 Å². The molecule has 0 saturated carbocycles. The van der Waals surface area contributed by atoms with Crippen LogP contribution in [0, 0.1) is 6.92 Å². The molecule has 2 fully saturated rings. The molecule has 0 aliphatic carbocycles. The second-order valence-electron chi connectivity index (χ2n) is 8.93. The molecule has 2 saturated heterocycles. The largest absolute Gasteiger partial charge is 0.492 e. The average molecular weight is 515 g/mol. The zero-order valence-electron chi connectivity index (χ0n) is 20.0. The van der Waals surface area contributed by atoms with Crippen LogP contribution < -0.4 is 9.64 Å². The van der Waals surface area contributed by atoms with E-state index in [1.54, 1.807) is 35.6 Å². The average Bonchev–Trinajstić information content (AvgIpc) is 3.53. The number of anilines is 1. The fourth-order valence-electron chi connectivity index (χ4n) is 4.77. The molecule has 0 radical (unpaired) electrons. The van der Waals surface area contributed by atoms with Gasteiger partial charge in [-0.3, -0.25) is 4.79 Å². The molecule has 186 valence electrons. The van der Waals surface area contributed by atoms with Gasteiger partial charge in [0, 0.05) is 32.7 Å². The highest BCUT2D eigenvalue weighted by molar-refractivity contribution is 7.89. The molecule has 1 amide bonds. The van der Waals surface area contributed by atoms with E-state index in [4.69, 9.17) is 9.72 Å². The normalized spacial score (nSPS) is 19.4. The molecule has 0 N–H and O–H groups in total. The van der Waals surface area contributed by atoms with Gasteiger partial charge in [0.1, 0.15) is 17.3 Å². The van der Waals surface area contributed by atoms with E-state index in [0.29, 0.717) is 52.2 Å². The third-order valence-corrected chi connectivity index (χ3v) is 9.65. The zero-order valence-corrected chi connectivity index (χ0v) is 21.6. The Bertz CT molecular complexity index is 1310. The van der Waals surface area contributed by atoms with Gasteiger partial charge in [0.15, 0.2) is 5.13 Å². The van der Waals surface area contributed by atoms with Gasteiger partial charge in [-0.15, -0.1) is 0 Å². The van der Waals surface area contributed by atoms with Gasteiger partial charge in [-0.25, -0.2) is 13.4 Å². The van der Waals surface area contributed by atoms with Crippen LogP contribution in [0.5, 0.6) is 5.75 Å². The molecule has 2 aliphatic heterocycles. The van der Waals surface area contributed by atoms with Gasteiger partial charge in [-0.1, -0.05) is 35.1 Å². The van der Waals surface area contributed by atoms with Crippen molar-refractivity contribution in [3.63, 3.8) is 0 Å². The summed E-state index contributed by atoms with van der Waals surface area (Å²) in [7, 11) is -3.71. The number of carbonyl (C=O) groups is 1. The first-order chi connectivity index (χ1) is 16.9. The molecule has 5 rings (SSSR count). The minimum absolute atomic E-state index is 0.0965. The number of aryl methyl sites for hydroxylation is 1. The third-order valence-electron chi connectivity index (χ3n) is 6.65. The number of hydrogen-bond acceptors (Lipinski definition) is 7. The maximum absolute atomic E-state index is 13.4. The third kappa shape index (κ3) is 4.62. The first kappa shape index (κ1) is 24.0. The Hall–Kier alpha value is -2.69. The van der Waals surface area contributed by atoms with Crippen LogP contribution in [0.4, 0.5) is 5.13 Å². The number of para-hydroxylation sites is 1. The highest BCUT2D eigenvalue weighted by Crippen LogP contribution is 2.35. The summed E-state index contributed by atoms with van der Waals surface area (Å²) < 4.78 is 34.7. The molecular formula is C25H30N4O4S2. The number of ether oxygens (including phenoxy) is 1. The van der Waals surface area contributed by atoms with Crippen LogP contribution in [0.1, 0.15) is 25.3 Å². The van der Waals surface area contributed by atoms with Gasteiger partial charge in [-0.05, 0) is 51.0 Å². The summed E-state index contributed by atoms with van der Waals surface area (Å²) >= 11 is 1.62. The summed E-state index contributed by atoms with van der Waals surface area (Å²) in [4.78, 5) is 22.5. The van der Waals surface area contributed by atoms with Gasteiger partial charge in [0.25, 0.3) is 0 Å². The predicted molar refractivity (Wildman–Crippen MR) is 138 cm³/mol. The molecule has 3 heterocycles. The number of rotatable bonds is 6. The lowest BCUT2D eigenvalue weighted by Gasteiger charge is -2.37. The Morgan fingerprint density at radius 1 is 1.09 bits per heavy atom. The van der Waals surface area contributed by atoms with Crippen LogP contribution in [0.2, 0.25) is 0 Å². The zero-order chi connectivity index (χ0) is 24.6. The molecule has 8 nitrogen and oxygen atoms in total. The molecule has 1 unspecified atom stereocenters. The van der Waals surface area contributed by atoms with Crippen molar-refractivity contribution < 1.29 is 17.9 Å². The van der Waals surface area contributed by atoms with E-state index < -0.39 is 16.1 Å². The fourth-order valence-corrected chi connectivity index (χ4v) is 7.45. The van der Waals surface area contributed by atoms with Crippen molar-refractivity contribution in [3.8, 4) is 5.75 Å². The van der Waals surface area contributed by atoms with Gasteiger partial charge in [0.2, 0.25) is 15.9 Å². The van der Waals surface area contributed by atoms with E-state index in [0.717, 1.165) is 26.7 Å². The lowest BCUT2D eigenvalue weighted by Crippen LogP contribution is -2.54. The van der Waals surface area contributed by atoms with Crippen LogP contribution in [0.3, 0.4) is 0 Å². The monoisotopic (exact) mass is 514 g/mol. The Labute approximate surface area is 210 Å². The van der Waals surface area contributed by atoms with Crippen LogP contribution in [-0.4, -0.2) is 73.9 Å². The number of sulfonamides is 1. The SMILES string of the molecule is CCOc1cccc2sc(N3CCN(C(=O)C4CCCN4S(=O)(=O)c4ccc(C)cc4)CC3)nc12. The minimum atomic E-state index is -3.71. The molecule has 1 aromatic heterocycles. The number of benzene rings is 2. The number of hydrogen-bond donors (Lipinski definition) is 0. The van der Waals surface area contributed by atoms with Gasteiger partial charge < -0.3 is 14.5 Å². The standard InChI is InChI=1S/C25H30N4O4S2/c1-3-33-21-7-4-8-22-23(21)26-25(34-22)28-16-14-27(15-17-28)24(30)20-6-5-13-29(20)35(31,32)19-11-9-18(2)10-12-19/h4,7-12,20H,3,5-6,13-17H2,1-2H3. The van der Waals surface area contributed by atoms with Crippen molar-refractivity contribution in [2.45, 2.75) is 37.6 Å². The molecule has 0 spiro atoms. The van der Waals surface area contributed by atoms with Gasteiger partial charge >= 0.3 is 0 Å². The maximum Gasteiger partial charge on any atom is 0.243 e. The second kappa shape index (κ2) is 9.75. The summed E-state index contributed by atoms with van der Waals surface area (Å²) in [5.41, 5.74) is 1.87. The van der Waals surface area contributed by atoms with Gasteiger partial charge in [0.05, 0.1) is 16.2 Å². The van der Waals surface area contributed by atoms with Crippen molar-refractivity contribution in [1.82, 2.24) is 14.2 Å². The molecule has 2 aliphatic rings. The number of amides is 1. The van der Waals surface area contributed by atoms with Crippen molar-refractivity contribution in [1.29, 1.82) is 0 Å². The topological polar surface area (TPSA) is 83.0 Å². The molecule has 35 heavy (non-hydrogen) atoms. The van der Waals surface area contributed by atoms with Crippen molar-refractivity contribution >= 4 is 42.6 Å². The van der Waals surface area contributed by atoms with Crippen molar-refractivity contribution in [3.05, 3.63) is 48.0 Å². The van der Waals surface area contributed by atoms with E-state index in [1.165, 1.54) is 4.31 Å². The lowest BCUT2D eigenvalue weighted by atomic mass is 10.2. The number of nitrogens with zero attached hydrogens (tertiary/aromatic N) is 4. The van der Waals surface area contributed by atoms with Crippen LogP contribution in [0.25, 0.3) is 10.2 Å². The number of carbonyl (C=O) groups excluding carboxylic acids is 1. The summed E-state index contributed by atoms with van der Waals surface area (Å²) in [6.07, 6.45) is 1.25. The predicted octanol–water partition coefficient (Wildman–Crippen LogP) is 3.51. The number of aromatic nitrogens is 1. The van der Waals surface area contributed by atoms with Crippen molar-refractivity contribution in [2.75, 3.05) is 44.2 Å². The molecule has 0 bridgehead atoms. The summed E-state index contributed by atoms with van der Waals surface area (Å²) in [5, 5.41) is 0.920. The summed E-state index contributed by atoms with van der Waals surface area (Å²) in [6, 6.07) is 12.1. The van der Waals surface area contributed by atoms with Crippen molar-refractivity contribution in [2.24, 2.45) is 0 Å². The van der Waals surface area contributed by atoms with Crippen LogP contribution in [-0.2, 0) is 14.8 Å². The Balaban J connectivity index is 1.27. The number of thiazole rings is 1. The number of fused-ring (bicyclic) bond motifs is 1. The first-order valence-electron chi connectivity index (χ1n) is 12.0. The molecular weight excluding hydrogens is 484 g/mol. The fraction of sp³-hybridized carbons (Fsp3) is 0.440. The smallest absolute Gasteiger partial charge is 0.243 e. The first-order valence-corrected chi connectivity index (χ1v) is 14.3. The Morgan fingerprint density at radius 3 is 2.54 bits per heavy atom. The summed E-state index contributed by atoms with van der Waals surface area (Å²) in [5.74, 6) is 0.693. The quantitative estimate of drug-likeness (QED) is 0.501. The molecule has 10 heteroatoms. The maximum atomic E-state index is 13.4. The highest BCUT2D eigenvalue weighted by atomic mass is 32.2. The highest BCUT2D eigenvalue weighted by Gasteiger charge is 2.41. The van der Waals surface area contributed by atoms with Crippen LogP contribution in [0.15, 0.2) is 47.4 Å².